The van der Waals surface area contributed by atoms with Crippen LogP contribution in [0.3, 0.4) is 0 Å². The standard InChI is InChI=1S/C25H25FN2O3/c1-3-30-22(16-28)12-17-4-11-23(18-7-9-21(10-8-18)31-29-2)24(13-17)19-5-6-20(15-27)25(26)14-19/h4-11,13-14,22H,3,12,16,28H2,1-2H3. The summed E-state index contributed by atoms with van der Waals surface area (Å²) in [4.78, 5) is 9.74. The van der Waals surface area contributed by atoms with E-state index in [0.717, 1.165) is 22.3 Å². The average molecular weight is 420 g/mol. The van der Waals surface area contributed by atoms with E-state index in [0.29, 0.717) is 30.9 Å². The summed E-state index contributed by atoms with van der Waals surface area (Å²) in [6.07, 6.45) is 0.559. The van der Waals surface area contributed by atoms with Crippen LogP contribution in [0.15, 0.2) is 60.7 Å². The van der Waals surface area contributed by atoms with Crippen molar-refractivity contribution in [3.05, 3.63) is 77.6 Å². The van der Waals surface area contributed by atoms with Gasteiger partial charge in [0.1, 0.15) is 11.9 Å². The van der Waals surface area contributed by atoms with Crippen LogP contribution >= 0.6 is 0 Å². The summed E-state index contributed by atoms with van der Waals surface area (Å²) >= 11 is 0. The van der Waals surface area contributed by atoms with Crippen molar-refractivity contribution < 1.29 is 18.9 Å². The van der Waals surface area contributed by atoms with Crippen LogP contribution in [0.5, 0.6) is 5.75 Å². The molecule has 0 saturated heterocycles. The van der Waals surface area contributed by atoms with Crippen molar-refractivity contribution in [2.75, 3.05) is 20.3 Å². The maximum absolute atomic E-state index is 14.4. The average Bonchev–Trinajstić information content (AvgIpc) is 2.79. The highest BCUT2D eigenvalue weighted by molar-refractivity contribution is 5.84. The Morgan fingerprint density at radius 2 is 1.74 bits per heavy atom. The van der Waals surface area contributed by atoms with Crippen molar-refractivity contribution in [3.8, 4) is 34.1 Å². The highest BCUT2D eigenvalue weighted by Crippen LogP contribution is 2.35. The fraction of sp³-hybridized carbons (Fsp3) is 0.240. The first kappa shape index (κ1) is 22.4. The van der Waals surface area contributed by atoms with E-state index < -0.39 is 5.82 Å². The van der Waals surface area contributed by atoms with E-state index in [1.165, 1.54) is 19.2 Å². The van der Waals surface area contributed by atoms with E-state index in [9.17, 15) is 4.39 Å². The minimum absolute atomic E-state index is 0.0158. The third-order valence-corrected chi connectivity index (χ3v) is 4.96. The first-order valence-electron chi connectivity index (χ1n) is 10.0. The molecule has 1 atom stereocenters. The predicted molar refractivity (Wildman–Crippen MR) is 118 cm³/mol. The van der Waals surface area contributed by atoms with Gasteiger partial charge in [-0.05, 0) is 65.4 Å². The van der Waals surface area contributed by atoms with Gasteiger partial charge in [-0.15, -0.1) is 0 Å². The summed E-state index contributed by atoms with van der Waals surface area (Å²) in [7, 11) is 1.45. The van der Waals surface area contributed by atoms with E-state index in [1.54, 1.807) is 18.2 Å². The predicted octanol–water partition coefficient (Wildman–Crippen LogP) is 4.88. The second-order valence-electron chi connectivity index (χ2n) is 6.98. The molecule has 3 aromatic carbocycles. The molecule has 0 spiro atoms. The molecule has 3 aromatic rings. The highest BCUT2D eigenvalue weighted by Gasteiger charge is 2.14. The Bertz CT molecular complexity index is 1060. The minimum Gasteiger partial charge on any atom is -0.377 e. The number of ether oxygens (including phenoxy) is 1. The summed E-state index contributed by atoms with van der Waals surface area (Å²) in [6.45, 7) is 2.94. The molecular formula is C25H25FN2O3. The lowest BCUT2D eigenvalue weighted by atomic mass is 9.91. The Labute approximate surface area is 181 Å². The topological polar surface area (TPSA) is 77.5 Å². The zero-order valence-corrected chi connectivity index (χ0v) is 17.6. The zero-order valence-electron chi connectivity index (χ0n) is 17.6. The summed E-state index contributed by atoms with van der Waals surface area (Å²) in [5.74, 6) is 0.0330. The molecule has 0 fully saturated rings. The van der Waals surface area contributed by atoms with Crippen LogP contribution < -0.4 is 10.6 Å². The number of halogens is 1. The van der Waals surface area contributed by atoms with Gasteiger partial charge < -0.3 is 15.4 Å². The maximum Gasteiger partial charge on any atom is 0.165 e. The Morgan fingerprint density at radius 1 is 1.00 bits per heavy atom. The molecule has 0 bridgehead atoms. The van der Waals surface area contributed by atoms with Crippen LogP contribution in [0.2, 0.25) is 0 Å². The molecule has 0 saturated carbocycles. The van der Waals surface area contributed by atoms with E-state index in [-0.39, 0.29) is 11.7 Å². The van der Waals surface area contributed by atoms with Crippen molar-refractivity contribution in [1.82, 2.24) is 0 Å². The molecule has 1 unspecified atom stereocenters. The molecule has 5 nitrogen and oxygen atoms in total. The minimum atomic E-state index is -0.547. The highest BCUT2D eigenvalue weighted by atomic mass is 19.1. The SMILES string of the molecule is CCOC(CN)Cc1ccc(-c2ccc(OOC)cc2)c(-c2ccc(C#N)c(F)c2)c1. The van der Waals surface area contributed by atoms with E-state index in [2.05, 4.69) is 0 Å². The smallest absolute Gasteiger partial charge is 0.165 e. The molecule has 2 N–H and O–H groups in total. The Balaban J connectivity index is 2.07. The van der Waals surface area contributed by atoms with Gasteiger partial charge in [0.05, 0.1) is 18.8 Å². The van der Waals surface area contributed by atoms with Gasteiger partial charge in [-0.2, -0.15) is 10.1 Å². The van der Waals surface area contributed by atoms with Crippen molar-refractivity contribution in [1.29, 1.82) is 5.26 Å². The van der Waals surface area contributed by atoms with Gasteiger partial charge >= 0.3 is 0 Å². The summed E-state index contributed by atoms with van der Waals surface area (Å²) in [6, 6.07) is 20.0. The zero-order chi connectivity index (χ0) is 22.2. The van der Waals surface area contributed by atoms with Crippen molar-refractivity contribution in [2.45, 2.75) is 19.4 Å². The number of hydrogen-bond donors (Lipinski definition) is 1. The lowest BCUT2D eigenvalue weighted by molar-refractivity contribution is -0.178. The Morgan fingerprint density at radius 3 is 2.35 bits per heavy atom. The molecule has 31 heavy (non-hydrogen) atoms. The Hall–Kier alpha value is -3.24. The van der Waals surface area contributed by atoms with Crippen LogP contribution in [0, 0.1) is 17.1 Å². The summed E-state index contributed by atoms with van der Waals surface area (Å²) in [5.41, 5.74) is 10.3. The molecule has 160 valence electrons. The van der Waals surface area contributed by atoms with Gasteiger partial charge in [0, 0.05) is 13.2 Å². The lowest BCUT2D eigenvalue weighted by Crippen LogP contribution is -2.26. The van der Waals surface area contributed by atoms with Crippen molar-refractivity contribution in [3.63, 3.8) is 0 Å². The molecule has 0 aliphatic rings. The van der Waals surface area contributed by atoms with Gasteiger partial charge in [-0.3, -0.25) is 0 Å². The summed E-state index contributed by atoms with van der Waals surface area (Å²) < 4.78 is 20.1. The van der Waals surface area contributed by atoms with Crippen LogP contribution in [0.4, 0.5) is 4.39 Å². The number of benzene rings is 3. The quantitative estimate of drug-likeness (QED) is 0.394. The maximum atomic E-state index is 14.4. The van der Waals surface area contributed by atoms with Crippen LogP contribution in [-0.4, -0.2) is 26.4 Å². The number of rotatable bonds is 9. The molecule has 0 aromatic heterocycles. The molecule has 3 rings (SSSR count). The third-order valence-electron chi connectivity index (χ3n) is 4.96. The van der Waals surface area contributed by atoms with Crippen LogP contribution in [0.1, 0.15) is 18.1 Å². The molecule has 0 heterocycles. The second kappa shape index (κ2) is 10.7. The summed E-state index contributed by atoms with van der Waals surface area (Å²) in [5, 5.41) is 9.07. The van der Waals surface area contributed by atoms with Crippen molar-refractivity contribution in [2.24, 2.45) is 5.73 Å². The molecule has 0 aliphatic heterocycles. The molecule has 0 radical (unpaired) electrons. The van der Waals surface area contributed by atoms with Crippen LogP contribution in [0.25, 0.3) is 22.3 Å². The monoisotopic (exact) mass is 420 g/mol. The fourth-order valence-corrected chi connectivity index (χ4v) is 3.48. The second-order valence-corrected chi connectivity index (χ2v) is 6.98. The number of hydrogen-bond acceptors (Lipinski definition) is 5. The van der Waals surface area contributed by atoms with Crippen molar-refractivity contribution >= 4 is 0 Å². The largest absolute Gasteiger partial charge is 0.377 e. The van der Waals surface area contributed by atoms with Gasteiger partial charge in [-0.1, -0.05) is 36.4 Å². The number of nitrogens with two attached hydrogens (primary N) is 1. The Kier molecular flexibility index (Phi) is 7.74. The van der Waals surface area contributed by atoms with E-state index >= 15 is 0 Å². The van der Waals surface area contributed by atoms with Gasteiger partial charge in [-0.25, -0.2) is 4.39 Å². The number of nitrogens with zero attached hydrogens (tertiary/aromatic N) is 1. The molecule has 0 aliphatic carbocycles. The normalized spacial score (nSPS) is 11.7. The van der Waals surface area contributed by atoms with E-state index in [4.69, 9.17) is 25.5 Å². The first-order valence-corrected chi connectivity index (χ1v) is 10.0. The molecule has 6 heteroatoms. The first-order chi connectivity index (χ1) is 15.1. The van der Waals surface area contributed by atoms with Gasteiger partial charge in [0.2, 0.25) is 0 Å². The van der Waals surface area contributed by atoms with E-state index in [1.807, 2.05) is 43.3 Å². The van der Waals surface area contributed by atoms with Gasteiger partial charge in [0.25, 0.3) is 0 Å². The number of nitriles is 1. The third kappa shape index (κ3) is 5.47. The van der Waals surface area contributed by atoms with Gasteiger partial charge in [0.15, 0.2) is 5.75 Å². The molecular weight excluding hydrogens is 395 g/mol. The van der Waals surface area contributed by atoms with Crippen LogP contribution in [-0.2, 0) is 16.0 Å². The lowest BCUT2D eigenvalue weighted by Gasteiger charge is -2.17. The molecule has 0 amide bonds. The fourth-order valence-electron chi connectivity index (χ4n) is 3.48.